The Morgan fingerprint density at radius 1 is 0.917 bits per heavy atom. The van der Waals surface area contributed by atoms with Crippen LogP contribution in [-0.2, 0) is 4.79 Å². The zero-order valence-corrected chi connectivity index (χ0v) is 14.0. The van der Waals surface area contributed by atoms with Crippen LogP contribution in [0, 0.1) is 17.8 Å². The first-order chi connectivity index (χ1) is 11.8. The van der Waals surface area contributed by atoms with Crippen molar-refractivity contribution in [3.63, 3.8) is 0 Å². The van der Waals surface area contributed by atoms with Gasteiger partial charge in [-0.25, -0.2) is 0 Å². The highest BCUT2D eigenvalue weighted by atomic mass is 16.1. The summed E-state index contributed by atoms with van der Waals surface area (Å²) in [6, 6.07) is 20.5. The van der Waals surface area contributed by atoms with Gasteiger partial charge in [0.15, 0.2) is 0 Å². The monoisotopic (exact) mass is 319 g/mol. The fourth-order valence-corrected chi connectivity index (χ4v) is 4.73. The maximum Gasteiger partial charge on any atom is 0.221 e. The third-order valence-electron chi connectivity index (χ3n) is 5.90. The van der Waals surface area contributed by atoms with Crippen molar-refractivity contribution < 1.29 is 4.79 Å². The second kappa shape index (κ2) is 6.80. The van der Waals surface area contributed by atoms with E-state index < -0.39 is 0 Å². The molecule has 0 aromatic heterocycles. The van der Waals surface area contributed by atoms with E-state index in [-0.39, 0.29) is 11.9 Å². The van der Waals surface area contributed by atoms with Crippen molar-refractivity contribution in [1.82, 2.24) is 5.32 Å². The molecule has 24 heavy (non-hydrogen) atoms. The normalized spacial score (nSPS) is 25.1. The van der Waals surface area contributed by atoms with Crippen LogP contribution in [0.25, 0.3) is 0 Å². The number of hydrogen-bond donors (Lipinski definition) is 1. The molecule has 1 amide bonds. The van der Waals surface area contributed by atoms with Gasteiger partial charge in [-0.05, 0) is 48.1 Å². The molecule has 3 unspecified atom stereocenters. The van der Waals surface area contributed by atoms with Crippen molar-refractivity contribution in [2.75, 3.05) is 0 Å². The van der Waals surface area contributed by atoms with Crippen molar-refractivity contribution >= 4 is 5.91 Å². The van der Waals surface area contributed by atoms with Gasteiger partial charge in [0.2, 0.25) is 5.91 Å². The van der Waals surface area contributed by atoms with Crippen LogP contribution in [0.15, 0.2) is 60.7 Å². The van der Waals surface area contributed by atoms with E-state index in [1.807, 2.05) is 36.4 Å². The molecular formula is C22H25NO. The molecule has 3 atom stereocenters. The number of hydrogen-bond acceptors (Lipinski definition) is 1. The van der Waals surface area contributed by atoms with Gasteiger partial charge in [0.1, 0.15) is 0 Å². The Hall–Kier alpha value is -2.09. The van der Waals surface area contributed by atoms with Crippen molar-refractivity contribution in [3.05, 3.63) is 71.8 Å². The molecule has 0 radical (unpaired) electrons. The van der Waals surface area contributed by atoms with Gasteiger partial charge in [-0.1, -0.05) is 67.1 Å². The van der Waals surface area contributed by atoms with Gasteiger partial charge in [0, 0.05) is 6.42 Å². The van der Waals surface area contributed by atoms with Gasteiger partial charge in [-0.15, -0.1) is 0 Å². The van der Waals surface area contributed by atoms with Crippen molar-refractivity contribution in [2.45, 2.75) is 38.1 Å². The average molecular weight is 319 g/mol. The Labute approximate surface area is 144 Å². The SMILES string of the molecule is O=C(CC1CC2CCC1C2)NC(c1ccccc1)c1ccccc1. The van der Waals surface area contributed by atoms with E-state index in [4.69, 9.17) is 0 Å². The molecule has 2 heteroatoms. The average Bonchev–Trinajstić information content (AvgIpc) is 3.24. The third kappa shape index (κ3) is 3.24. The van der Waals surface area contributed by atoms with Gasteiger partial charge >= 0.3 is 0 Å². The Kier molecular flexibility index (Phi) is 4.38. The Balaban J connectivity index is 1.48. The number of nitrogens with one attached hydrogen (secondary N) is 1. The fourth-order valence-electron chi connectivity index (χ4n) is 4.73. The summed E-state index contributed by atoms with van der Waals surface area (Å²) in [6.45, 7) is 0. The van der Waals surface area contributed by atoms with Gasteiger partial charge in [-0.3, -0.25) is 4.79 Å². The molecular weight excluding hydrogens is 294 g/mol. The van der Waals surface area contributed by atoms with Gasteiger partial charge in [0.25, 0.3) is 0 Å². The lowest BCUT2D eigenvalue weighted by atomic mass is 9.86. The van der Waals surface area contributed by atoms with Gasteiger partial charge in [-0.2, -0.15) is 0 Å². The maximum absolute atomic E-state index is 12.7. The Morgan fingerprint density at radius 2 is 1.54 bits per heavy atom. The highest BCUT2D eigenvalue weighted by molar-refractivity contribution is 5.77. The molecule has 124 valence electrons. The third-order valence-corrected chi connectivity index (χ3v) is 5.90. The molecule has 2 aromatic rings. The number of carbonyl (C=O) groups excluding carboxylic acids is 1. The number of rotatable bonds is 5. The molecule has 0 heterocycles. The van der Waals surface area contributed by atoms with Crippen molar-refractivity contribution in [1.29, 1.82) is 0 Å². The summed E-state index contributed by atoms with van der Waals surface area (Å²) in [4.78, 5) is 12.7. The standard InChI is InChI=1S/C22H25NO/c24-21(15-20-14-16-11-12-19(20)13-16)23-22(17-7-3-1-4-8-17)18-9-5-2-6-10-18/h1-10,16,19-20,22H,11-15H2,(H,23,24). The highest BCUT2D eigenvalue weighted by Gasteiger charge is 2.40. The van der Waals surface area contributed by atoms with Crippen LogP contribution in [0.5, 0.6) is 0 Å². The van der Waals surface area contributed by atoms with Crippen LogP contribution in [0.2, 0.25) is 0 Å². The first-order valence-electron chi connectivity index (χ1n) is 9.19. The second-order valence-corrected chi connectivity index (χ2v) is 7.46. The smallest absolute Gasteiger partial charge is 0.221 e. The molecule has 2 nitrogen and oxygen atoms in total. The molecule has 2 bridgehead atoms. The molecule has 1 N–H and O–H groups in total. The van der Waals surface area contributed by atoms with Crippen LogP contribution >= 0.6 is 0 Å². The molecule has 2 aromatic carbocycles. The van der Waals surface area contributed by atoms with E-state index in [1.165, 1.54) is 25.7 Å². The van der Waals surface area contributed by atoms with Crippen LogP contribution in [0.4, 0.5) is 0 Å². The van der Waals surface area contributed by atoms with E-state index in [9.17, 15) is 4.79 Å². The molecule has 0 aliphatic heterocycles. The van der Waals surface area contributed by atoms with Crippen LogP contribution in [0.1, 0.15) is 49.3 Å². The number of carbonyl (C=O) groups is 1. The predicted octanol–water partition coefficient (Wildman–Crippen LogP) is 4.72. The molecule has 2 aliphatic carbocycles. The summed E-state index contributed by atoms with van der Waals surface area (Å²) >= 11 is 0. The fraction of sp³-hybridized carbons (Fsp3) is 0.409. The lowest BCUT2D eigenvalue weighted by molar-refractivity contribution is -0.122. The minimum Gasteiger partial charge on any atom is -0.345 e. The van der Waals surface area contributed by atoms with E-state index in [0.717, 1.165) is 23.0 Å². The van der Waals surface area contributed by atoms with Crippen molar-refractivity contribution in [2.24, 2.45) is 17.8 Å². The molecule has 4 rings (SSSR count). The van der Waals surface area contributed by atoms with E-state index >= 15 is 0 Å². The molecule has 2 fully saturated rings. The molecule has 0 spiro atoms. The number of benzene rings is 2. The van der Waals surface area contributed by atoms with E-state index in [2.05, 4.69) is 29.6 Å². The molecule has 2 saturated carbocycles. The maximum atomic E-state index is 12.7. The number of fused-ring (bicyclic) bond motifs is 2. The summed E-state index contributed by atoms with van der Waals surface area (Å²) in [5.41, 5.74) is 2.29. The summed E-state index contributed by atoms with van der Waals surface area (Å²) < 4.78 is 0. The molecule has 0 saturated heterocycles. The van der Waals surface area contributed by atoms with Crippen LogP contribution < -0.4 is 5.32 Å². The zero-order chi connectivity index (χ0) is 16.4. The minimum atomic E-state index is -0.0570. The second-order valence-electron chi connectivity index (χ2n) is 7.46. The minimum absolute atomic E-state index is 0.0570. The lowest BCUT2D eigenvalue weighted by Gasteiger charge is -2.24. The Morgan fingerprint density at radius 3 is 2.04 bits per heavy atom. The van der Waals surface area contributed by atoms with Crippen LogP contribution in [-0.4, -0.2) is 5.91 Å². The summed E-state index contributed by atoms with van der Waals surface area (Å²) in [5, 5.41) is 3.30. The lowest BCUT2D eigenvalue weighted by Crippen LogP contribution is -2.31. The zero-order valence-electron chi connectivity index (χ0n) is 14.0. The van der Waals surface area contributed by atoms with E-state index in [1.54, 1.807) is 0 Å². The van der Waals surface area contributed by atoms with Gasteiger partial charge in [0.05, 0.1) is 6.04 Å². The quantitative estimate of drug-likeness (QED) is 0.849. The summed E-state index contributed by atoms with van der Waals surface area (Å²) in [7, 11) is 0. The highest BCUT2D eigenvalue weighted by Crippen LogP contribution is 2.49. The van der Waals surface area contributed by atoms with Crippen molar-refractivity contribution in [3.8, 4) is 0 Å². The van der Waals surface area contributed by atoms with E-state index in [0.29, 0.717) is 12.3 Å². The summed E-state index contributed by atoms with van der Waals surface area (Å²) in [6.07, 6.45) is 6.04. The number of amides is 1. The topological polar surface area (TPSA) is 29.1 Å². The van der Waals surface area contributed by atoms with Crippen LogP contribution in [0.3, 0.4) is 0 Å². The van der Waals surface area contributed by atoms with Gasteiger partial charge < -0.3 is 5.32 Å². The molecule has 2 aliphatic rings. The predicted molar refractivity (Wildman–Crippen MR) is 96.4 cm³/mol. The first-order valence-corrected chi connectivity index (χ1v) is 9.19. The Bertz CT molecular complexity index is 642. The summed E-state index contributed by atoms with van der Waals surface area (Å²) in [5.74, 6) is 2.50. The largest absolute Gasteiger partial charge is 0.345 e. The first kappa shape index (κ1) is 15.4.